The third kappa shape index (κ3) is 4.84. The van der Waals surface area contributed by atoms with Gasteiger partial charge in [-0.3, -0.25) is 9.69 Å². The summed E-state index contributed by atoms with van der Waals surface area (Å²) in [7, 11) is 0. The number of benzene rings is 1. The second-order valence-electron chi connectivity index (χ2n) is 3.58. The maximum absolute atomic E-state index is 11.6. The summed E-state index contributed by atoms with van der Waals surface area (Å²) in [5.41, 5.74) is 0.810. The Kier molecular flexibility index (Phi) is 5.66. The normalized spacial score (nSPS) is 9.83. The van der Waals surface area contributed by atoms with Crippen LogP contribution in [0.5, 0.6) is 0 Å². The fourth-order valence-corrected chi connectivity index (χ4v) is 1.33. The van der Waals surface area contributed by atoms with Gasteiger partial charge in [0.25, 0.3) is 0 Å². The van der Waals surface area contributed by atoms with Gasteiger partial charge in [-0.2, -0.15) is 0 Å². The number of ether oxygens (including phenoxy) is 1. The van der Waals surface area contributed by atoms with E-state index in [9.17, 15) is 9.59 Å². The van der Waals surface area contributed by atoms with E-state index in [-0.39, 0.29) is 19.8 Å². The highest BCUT2D eigenvalue weighted by Gasteiger charge is 2.17. The molecule has 0 aliphatic rings. The number of carbonyl (C=O) groups excluding carboxylic acids is 1. The first-order chi connectivity index (χ1) is 8.63. The lowest BCUT2D eigenvalue weighted by atomic mass is 10.2. The first-order valence-corrected chi connectivity index (χ1v) is 5.41. The van der Waals surface area contributed by atoms with Crippen molar-refractivity contribution >= 4 is 12.1 Å². The highest BCUT2D eigenvalue weighted by atomic mass is 16.6. The van der Waals surface area contributed by atoms with Crippen LogP contribution in [0.25, 0.3) is 0 Å². The van der Waals surface area contributed by atoms with E-state index in [1.807, 2.05) is 18.2 Å². The number of hydrogen-bond donors (Lipinski definition) is 2. The van der Waals surface area contributed by atoms with Gasteiger partial charge in [0, 0.05) is 6.54 Å². The minimum Gasteiger partial charge on any atom is -0.480 e. The summed E-state index contributed by atoms with van der Waals surface area (Å²) in [4.78, 5) is 23.0. The molecule has 18 heavy (non-hydrogen) atoms. The van der Waals surface area contributed by atoms with Gasteiger partial charge in [0.15, 0.2) is 0 Å². The smallest absolute Gasteiger partial charge is 0.410 e. The first-order valence-electron chi connectivity index (χ1n) is 5.41. The number of hydrogen-bond acceptors (Lipinski definition) is 4. The number of nitrogens with zero attached hydrogens (tertiary/aromatic N) is 1. The molecule has 0 radical (unpaired) electrons. The van der Waals surface area contributed by atoms with Crippen molar-refractivity contribution in [3.63, 3.8) is 0 Å². The Balaban J connectivity index is 2.48. The van der Waals surface area contributed by atoms with E-state index in [0.29, 0.717) is 0 Å². The van der Waals surface area contributed by atoms with Crippen molar-refractivity contribution in [1.29, 1.82) is 0 Å². The third-order valence-corrected chi connectivity index (χ3v) is 2.16. The van der Waals surface area contributed by atoms with Crippen molar-refractivity contribution in [2.75, 3.05) is 19.7 Å². The molecule has 6 nitrogen and oxygen atoms in total. The lowest BCUT2D eigenvalue weighted by Crippen LogP contribution is -2.38. The average molecular weight is 253 g/mol. The zero-order valence-electron chi connectivity index (χ0n) is 9.78. The van der Waals surface area contributed by atoms with Gasteiger partial charge in [-0.1, -0.05) is 30.3 Å². The zero-order valence-corrected chi connectivity index (χ0v) is 9.78. The van der Waals surface area contributed by atoms with Crippen molar-refractivity contribution in [1.82, 2.24) is 4.90 Å². The largest absolute Gasteiger partial charge is 0.480 e. The van der Waals surface area contributed by atoms with Crippen LogP contribution < -0.4 is 0 Å². The Morgan fingerprint density at radius 2 is 1.89 bits per heavy atom. The Hall–Kier alpha value is -2.08. The summed E-state index contributed by atoms with van der Waals surface area (Å²) in [5.74, 6) is -1.15. The molecule has 0 saturated carbocycles. The van der Waals surface area contributed by atoms with Gasteiger partial charge in [-0.15, -0.1) is 0 Å². The van der Waals surface area contributed by atoms with Gasteiger partial charge in [0.2, 0.25) is 0 Å². The van der Waals surface area contributed by atoms with E-state index in [0.717, 1.165) is 10.5 Å². The Bertz CT molecular complexity index is 393. The topological polar surface area (TPSA) is 87.1 Å². The Morgan fingerprint density at radius 1 is 1.22 bits per heavy atom. The van der Waals surface area contributed by atoms with Crippen molar-refractivity contribution in [3.8, 4) is 0 Å². The molecule has 0 spiro atoms. The molecule has 1 aromatic carbocycles. The molecule has 0 heterocycles. The van der Waals surface area contributed by atoms with Crippen LogP contribution >= 0.6 is 0 Å². The summed E-state index contributed by atoms with van der Waals surface area (Å²) in [5, 5.41) is 17.4. The van der Waals surface area contributed by atoms with E-state index >= 15 is 0 Å². The molecule has 0 aromatic heterocycles. The average Bonchev–Trinajstić information content (AvgIpc) is 2.36. The second kappa shape index (κ2) is 7.29. The molecule has 0 fully saturated rings. The Morgan fingerprint density at radius 3 is 2.44 bits per heavy atom. The van der Waals surface area contributed by atoms with E-state index in [1.54, 1.807) is 12.1 Å². The van der Waals surface area contributed by atoms with Gasteiger partial charge in [-0.05, 0) is 5.56 Å². The van der Waals surface area contributed by atoms with Crippen LogP contribution in [-0.4, -0.2) is 46.9 Å². The number of carbonyl (C=O) groups is 2. The molecule has 2 N–H and O–H groups in total. The zero-order chi connectivity index (χ0) is 13.4. The van der Waals surface area contributed by atoms with Crippen molar-refractivity contribution in [2.45, 2.75) is 6.61 Å². The number of rotatable bonds is 6. The maximum Gasteiger partial charge on any atom is 0.410 e. The molecule has 0 aliphatic heterocycles. The molecule has 0 aliphatic carbocycles. The standard InChI is InChI=1S/C12H15NO5/c14-7-6-13(8-11(15)16)12(17)18-9-10-4-2-1-3-5-10/h1-5,14H,6-9H2,(H,15,16). The molecule has 98 valence electrons. The van der Waals surface area contributed by atoms with Crippen LogP contribution in [0.15, 0.2) is 30.3 Å². The molecule has 6 heteroatoms. The summed E-state index contributed by atoms with van der Waals surface area (Å²) in [6, 6.07) is 9.05. The number of amides is 1. The summed E-state index contributed by atoms with van der Waals surface area (Å²) in [6.07, 6.45) is -0.754. The lowest BCUT2D eigenvalue weighted by Gasteiger charge is -2.18. The van der Waals surface area contributed by atoms with Crippen LogP contribution in [-0.2, 0) is 16.1 Å². The highest BCUT2D eigenvalue weighted by Crippen LogP contribution is 2.03. The number of carboxylic acids is 1. The predicted octanol–water partition coefficient (Wildman–Crippen LogP) is 0.702. The van der Waals surface area contributed by atoms with Crippen molar-refractivity contribution < 1.29 is 24.5 Å². The minimum atomic E-state index is -1.15. The number of carboxylic acid groups (broad SMARTS) is 1. The molecule has 1 rings (SSSR count). The van der Waals surface area contributed by atoms with Crippen LogP contribution in [0, 0.1) is 0 Å². The van der Waals surface area contributed by atoms with Crippen molar-refractivity contribution in [2.24, 2.45) is 0 Å². The van der Waals surface area contributed by atoms with E-state index in [1.165, 1.54) is 0 Å². The quantitative estimate of drug-likeness (QED) is 0.779. The predicted molar refractivity (Wildman–Crippen MR) is 62.9 cm³/mol. The summed E-state index contributed by atoms with van der Waals surface area (Å²) < 4.78 is 4.96. The minimum absolute atomic E-state index is 0.0695. The van der Waals surface area contributed by atoms with Gasteiger partial charge in [0.05, 0.1) is 6.61 Å². The molecule has 1 amide bonds. The van der Waals surface area contributed by atoms with Gasteiger partial charge in [0.1, 0.15) is 13.2 Å². The number of aliphatic hydroxyl groups is 1. The van der Waals surface area contributed by atoms with Crippen LogP contribution in [0.1, 0.15) is 5.56 Å². The third-order valence-electron chi connectivity index (χ3n) is 2.16. The molecule has 1 aromatic rings. The molecule has 0 bridgehead atoms. The van der Waals surface area contributed by atoms with Gasteiger partial charge < -0.3 is 14.9 Å². The van der Waals surface area contributed by atoms with E-state index in [4.69, 9.17) is 14.9 Å². The first kappa shape index (κ1) is 14.0. The summed E-state index contributed by atoms with van der Waals surface area (Å²) in [6.45, 7) is -0.803. The molecule has 0 atom stereocenters. The van der Waals surface area contributed by atoms with Crippen LogP contribution in [0.3, 0.4) is 0 Å². The van der Waals surface area contributed by atoms with Crippen LogP contribution in [0.4, 0.5) is 4.79 Å². The van der Waals surface area contributed by atoms with Gasteiger partial charge >= 0.3 is 12.1 Å². The lowest BCUT2D eigenvalue weighted by molar-refractivity contribution is -0.138. The van der Waals surface area contributed by atoms with Crippen LogP contribution in [0.2, 0.25) is 0 Å². The summed E-state index contributed by atoms with van der Waals surface area (Å²) >= 11 is 0. The molecular formula is C12H15NO5. The monoisotopic (exact) mass is 253 g/mol. The van der Waals surface area contributed by atoms with Gasteiger partial charge in [-0.25, -0.2) is 4.79 Å². The highest BCUT2D eigenvalue weighted by molar-refractivity contribution is 5.76. The number of aliphatic hydroxyl groups excluding tert-OH is 1. The van der Waals surface area contributed by atoms with E-state index < -0.39 is 18.6 Å². The molecule has 0 saturated heterocycles. The fraction of sp³-hybridized carbons (Fsp3) is 0.333. The second-order valence-corrected chi connectivity index (χ2v) is 3.58. The van der Waals surface area contributed by atoms with Crippen molar-refractivity contribution in [3.05, 3.63) is 35.9 Å². The fourth-order valence-electron chi connectivity index (χ4n) is 1.33. The SMILES string of the molecule is O=C(O)CN(CCO)C(=O)OCc1ccccc1. The molecular weight excluding hydrogens is 238 g/mol. The van der Waals surface area contributed by atoms with E-state index in [2.05, 4.69) is 0 Å². The Labute approximate surface area is 104 Å². The maximum atomic E-state index is 11.6. The number of aliphatic carboxylic acids is 1. The molecule has 0 unspecified atom stereocenters.